The Labute approximate surface area is 289 Å². The number of rotatable bonds is 13. The van der Waals surface area contributed by atoms with Crippen LogP contribution in [0.3, 0.4) is 0 Å². The van der Waals surface area contributed by atoms with Crippen LogP contribution in [0.4, 0.5) is 0 Å². The monoisotopic (exact) mass is 650 g/mol. The number of hydrogen-bond acceptors (Lipinski definition) is 5. The molecule has 0 radical (unpaired) electrons. The molecular weight excluding hydrogens is 608 g/mol. The van der Waals surface area contributed by atoms with Crippen LogP contribution in [0.15, 0.2) is 133 Å². The van der Waals surface area contributed by atoms with Crippen molar-refractivity contribution in [3.05, 3.63) is 156 Å². The summed E-state index contributed by atoms with van der Waals surface area (Å²) >= 11 is 0. The summed E-state index contributed by atoms with van der Waals surface area (Å²) in [6.45, 7) is 8.53. The molecule has 0 saturated heterocycles. The van der Waals surface area contributed by atoms with Crippen molar-refractivity contribution in [3.8, 4) is 56.4 Å². The van der Waals surface area contributed by atoms with Gasteiger partial charge in [-0.25, -0.2) is 0 Å². The Morgan fingerprint density at radius 2 is 0.816 bits per heavy atom. The Bertz CT molecular complexity index is 1960. The van der Waals surface area contributed by atoms with Crippen molar-refractivity contribution in [3.63, 3.8) is 0 Å². The summed E-state index contributed by atoms with van der Waals surface area (Å²) in [5.74, 6) is 3.10. The maximum atomic E-state index is 10.8. The first kappa shape index (κ1) is 33.4. The van der Waals surface area contributed by atoms with E-state index < -0.39 is 6.10 Å². The van der Waals surface area contributed by atoms with E-state index >= 15 is 0 Å². The Balaban J connectivity index is 1.07. The minimum absolute atomic E-state index is 0.103. The van der Waals surface area contributed by atoms with Crippen LogP contribution in [0.2, 0.25) is 0 Å². The fraction of sp³-hybridized carbons (Fsp3) is 0.182. The third-order valence-corrected chi connectivity index (χ3v) is 8.47. The van der Waals surface area contributed by atoms with Gasteiger partial charge in [-0.3, -0.25) is 0 Å². The van der Waals surface area contributed by atoms with E-state index in [-0.39, 0.29) is 20.0 Å². The number of aryl methyl sites for hydroxylation is 4. The van der Waals surface area contributed by atoms with Crippen molar-refractivity contribution in [2.24, 2.45) is 0 Å². The molecule has 1 N–H and O–H groups in total. The van der Waals surface area contributed by atoms with Crippen LogP contribution in [0.1, 0.15) is 22.3 Å². The number of benzene rings is 6. The minimum Gasteiger partial charge on any atom is -0.490 e. The molecule has 6 rings (SSSR count). The van der Waals surface area contributed by atoms with Gasteiger partial charge in [0.1, 0.15) is 42.3 Å². The van der Waals surface area contributed by atoms with Crippen molar-refractivity contribution in [2.75, 3.05) is 20.0 Å². The third-order valence-electron chi connectivity index (χ3n) is 8.47. The van der Waals surface area contributed by atoms with Crippen molar-refractivity contribution in [1.29, 1.82) is 0 Å². The molecule has 0 aliphatic carbocycles. The average Bonchev–Trinajstić information content (AvgIpc) is 3.12. The van der Waals surface area contributed by atoms with Gasteiger partial charge >= 0.3 is 0 Å². The fourth-order valence-corrected chi connectivity index (χ4v) is 6.15. The standard InChI is InChI=1S/C44H42O5/c1-30-23-36(24-31(2)43(30)47-28-38(45)27-46-41-21-13-11-19-39(41)34-15-7-5-8-16-34)37-25-32(3)44(33(4)26-37)49-29-48-42-22-14-12-20-40(42)35-17-9-6-10-18-35/h5-26,38,45H,27-29H2,1-4H3. The third kappa shape index (κ3) is 8.14. The topological polar surface area (TPSA) is 57.2 Å². The maximum Gasteiger partial charge on any atom is 0.230 e. The molecule has 0 saturated carbocycles. The van der Waals surface area contributed by atoms with Crippen LogP contribution >= 0.6 is 0 Å². The molecule has 0 amide bonds. The number of ether oxygens (including phenoxy) is 4. The van der Waals surface area contributed by atoms with E-state index in [0.717, 1.165) is 78.6 Å². The van der Waals surface area contributed by atoms with Gasteiger partial charge in [0.2, 0.25) is 6.79 Å². The maximum absolute atomic E-state index is 10.8. The van der Waals surface area contributed by atoms with Crippen LogP contribution in [-0.2, 0) is 0 Å². The lowest BCUT2D eigenvalue weighted by Crippen LogP contribution is -2.25. The first-order valence-corrected chi connectivity index (χ1v) is 16.6. The molecule has 0 heterocycles. The van der Waals surface area contributed by atoms with Crippen LogP contribution in [-0.4, -0.2) is 31.2 Å². The first-order chi connectivity index (χ1) is 23.9. The predicted octanol–water partition coefficient (Wildman–Crippen LogP) is 10.2. The number of hydrogen-bond donors (Lipinski definition) is 1. The highest BCUT2D eigenvalue weighted by Gasteiger charge is 2.15. The second kappa shape index (κ2) is 15.6. The summed E-state index contributed by atoms with van der Waals surface area (Å²) in [7, 11) is 0. The normalized spacial score (nSPS) is 11.5. The fourth-order valence-electron chi connectivity index (χ4n) is 6.15. The Hall–Kier alpha value is -5.52. The van der Waals surface area contributed by atoms with Gasteiger partial charge in [-0.2, -0.15) is 0 Å². The lowest BCUT2D eigenvalue weighted by atomic mass is 9.96. The van der Waals surface area contributed by atoms with Crippen molar-refractivity contribution < 1.29 is 24.1 Å². The molecule has 0 aromatic heterocycles. The quantitative estimate of drug-likeness (QED) is 0.126. The minimum atomic E-state index is -0.795. The molecule has 5 heteroatoms. The van der Waals surface area contributed by atoms with Gasteiger partial charge in [0.25, 0.3) is 0 Å². The zero-order valence-corrected chi connectivity index (χ0v) is 28.5. The molecule has 6 aromatic carbocycles. The average molecular weight is 651 g/mol. The molecule has 5 nitrogen and oxygen atoms in total. The van der Waals surface area contributed by atoms with E-state index in [0.29, 0.717) is 0 Å². The summed E-state index contributed by atoms with van der Waals surface area (Å²) < 4.78 is 24.5. The highest BCUT2D eigenvalue weighted by molar-refractivity contribution is 5.72. The number of aliphatic hydroxyl groups excluding tert-OH is 1. The van der Waals surface area contributed by atoms with Gasteiger partial charge < -0.3 is 24.1 Å². The highest BCUT2D eigenvalue weighted by Crippen LogP contribution is 2.35. The molecule has 0 bridgehead atoms. The van der Waals surface area contributed by atoms with Gasteiger partial charge in [0.05, 0.1) is 0 Å². The zero-order valence-electron chi connectivity index (χ0n) is 28.5. The van der Waals surface area contributed by atoms with Crippen molar-refractivity contribution in [2.45, 2.75) is 33.8 Å². The van der Waals surface area contributed by atoms with Gasteiger partial charge in [0, 0.05) is 11.1 Å². The van der Waals surface area contributed by atoms with Crippen LogP contribution in [0.25, 0.3) is 33.4 Å². The number of aliphatic hydroxyl groups is 1. The second-order valence-corrected chi connectivity index (χ2v) is 12.3. The van der Waals surface area contributed by atoms with E-state index in [4.69, 9.17) is 18.9 Å². The SMILES string of the molecule is Cc1cc(-c2cc(C)c(OCC(O)COc3ccccc3-c3ccccc3)c(C)c2)cc(C)c1OCOc1ccccc1-c1ccccc1. The summed E-state index contributed by atoms with van der Waals surface area (Å²) in [5.41, 5.74) is 10.4. The molecular formula is C44H42O5. The molecule has 1 unspecified atom stereocenters. The Morgan fingerprint density at radius 3 is 1.31 bits per heavy atom. The Morgan fingerprint density at radius 1 is 0.429 bits per heavy atom. The molecule has 0 aliphatic heterocycles. The molecule has 1 atom stereocenters. The zero-order chi connectivity index (χ0) is 34.2. The van der Waals surface area contributed by atoms with Gasteiger partial charge in [-0.1, -0.05) is 97.1 Å². The van der Waals surface area contributed by atoms with E-state index in [9.17, 15) is 5.11 Å². The summed E-state index contributed by atoms with van der Waals surface area (Å²) in [6.07, 6.45) is -0.795. The van der Waals surface area contributed by atoms with Gasteiger partial charge in [-0.05, 0) is 109 Å². The highest BCUT2D eigenvalue weighted by atomic mass is 16.7. The van der Waals surface area contributed by atoms with Crippen LogP contribution in [0, 0.1) is 27.7 Å². The second-order valence-electron chi connectivity index (χ2n) is 12.3. The first-order valence-electron chi connectivity index (χ1n) is 16.6. The van der Waals surface area contributed by atoms with Gasteiger partial charge in [0.15, 0.2) is 0 Å². The molecule has 248 valence electrons. The predicted molar refractivity (Wildman–Crippen MR) is 198 cm³/mol. The smallest absolute Gasteiger partial charge is 0.230 e. The lowest BCUT2D eigenvalue weighted by molar-refractivity contribution is 0.0624. The lowest BCUT2D eigenvalue weighted by Gasteiger charge is -2.19. The van der Waals surface area contributed by atoms with E-state index in [1.54, 1.807) is 0 Å². The van der Waals surface area contributed by atoms with Gasteiger partial charge in [-0.15, -0.1) is 0 Å². The summed E-state index contributed by atoms with van der Waals surface area (Å²) in [6, 6.07) is 44.7. The molecule has 0 aliphatic rings. The van der Waals surface area contributed by atoms with E-state index in [2.05, 4.69) is 56.3 Å². The van der Waals surface area contributed by atoms with E-state index in [1.165, 1.54) is 0 Å². The molecule has 6 aromatic rings. The van der Waals surface area contributed by atoms with Crippen molar-refractivity contribution in [1.82, 2.24) is 0 Å². The Kier molecular flexibility index (Phi) is 10.6. The van der Waals surface area contributed by atoms with E-state index in [1.807, 2.05) is 105 Å². The number of para-hydroxylation sites is 2. The van der Waals surface area contributed by atoms with Crippen LogP contribution < -0.4 is 18.9 Å². The summed E-state index contributed by atoms with van der Waals surface area (Å²) in [4.78, 5) is 0. The largest absolute Gasteiger partial charge is 0.490 e. The molecule has 0 fully saturated rings. The van der Waals surface area contributed by atoms with Crippen molar-refractivity contribution >= 4 is 0 Å². The summed E-state index contributed by atoms with van der Waals surface area (Å²) in [5, 5.41) is 10.8. The molecule has 0 spiro atoms. The van der Waals surface area contributed by atoms with Crippen LogP contribution in [0.5, 0.6) is 23.0 Å². The molecule has 49 heavy (non-hydrogen) atoms.